The molecule has 0 radical (unpaired) electrons. The molecule has 0 saturated heterocycles. The van der Waals surface area contributed by atoms with E-state index in [1.807, 2.05) is 24.3 Å². The first-order valence-corrected chi connectivity index (χ1v) is 9.10. The third-order valence-corrected chi connectivity index (χ3v) is 4.66. The Kier molecular flexibility index (Phi) is 5.03. The summed E-state index contributed by atoms with van der Waals surface area (Å²) in [7, 11) is 0. The fourth-order valence-corrected chi connectivity index (χ4v) is 3.49. The highest BCUT2D eigenvalue weighted by molar-refractivity contribution is 5.98. The van der Waals surface area contributed by atoms with Crippen molar-refractivity contribution in [3.05, 3.63) is 59.2 Å². The third kappa shape index (κ3) is 3.71. The SMILES string of the molecule is Cc1nc(N)nc2c1C(=O)NC(c1ccccc1-c1cncc(OCC[18F])n1)C2. The number of amides is 1. The number of halogens is 1. The van der Waals surface area contributed by atoms with E-state index >= 15 is 0 Å². The molecule has 29 heavy (non-hydrogen) atoms. The fraction of sp³-hybridized carbons (Fsp3) is 0.250. The van der Waals surface area contributed by atoms with Crippen LogP contribution in [0.1, 0.15) is 33.4 Å². The maximum Gasteiger partial charge on any atom is 0.255 e. The molecule has 1 aliphatic heterocycles. The van der Waals surface area contributed by atoms with Crippen molar-refractivity contribution in [1.82, 2.24) is 25.3 Å². The highest BCUT2D eigenvalue weighted by Gasteiger charge is 2.30. The largest absolute Gasteiger partial charge is 0.474 e. The molecule has 1 aliphatic rings. The molecule has 4 rings (SSSR count). The highest BCUT2D eigenvalue weighted by Crippen LogP contribution is 2.32. The monoisotopic (exact) mass is 393 g/mol. The number of hydrogen-bond acceptors (Lipinski definition) is 7. The van der Waals surface area contributed by atoms with Crippen molar-refractivity contribution in [1.29, 1.82) is 0 Å². The first-order chi connectivity index (χ1) is 14.1. The van der Waals surface area contributed by atoms with E-state index in [9.17, 15) is 9.18 Å². The number of benzene rings is 1. The van der Waals surface area contributed by atoms with Crippen LogP contribution in [0.5, 0.6) is 5.88 Å². The van der Waals surface area contributed by atoms with Gasteiger partial charge in [0.1, 0.15) is 13.3 Å². The topological polar surface area (TPSA) is 116 Å². The molecule has 0 aliphatic carbocycles. The highest BCUT2D eigenvalue weighted by atomic mass is 18.2. The van der Waals surface area contributed by atoms with Crippen LogP contribution in [0.3, 0.4) is 0 Å². The lowest BCUT2D eigenvalue weighted by Crippen LogP contribution is -2.37. The number of alkyl halides is 1. The second kappa shape index (κ2) is 7.78. The van der Waals surface area contributed by atoms with Gasteiger partial charge in [0.05, 0.1) is 41.1 Å². The molecule has 9 heteroatoms. The van der Waals surface area contributed by atoms with Crippen LogP contribution >= 0.6 is 0 Å². The van der Waals surface area contributed by atoms with Crippen LogP contribution in [0.2, 0.25) is 0 Å². The minimum Gasteiger partial charge on any atom is -0.474 e. The van der Waals surface area contributed by atoms with Crippen LogP contribution < -0.4 is 15.8 Å². The maximum atomic E-state index is 12.7. The molecule has 1 aromatic carbocycles. The summed E-state index contributed by atoms with van der Waals surface area (Å²) in [5.74, 6) is 0.144. The summed E-state index contributed by atoms with van der Waals surface area (Å²) in [4.78, 5) is 29.6. The van der Waals surface area contributed by atoms with E-state index in [4.69, 9.17) is 10.5 Å². The van der Waals surface area contributed by atoms with E-state index in [1.165, 1.54) is 6.20 Å². The molecule has 8 nitrogen and oxygen atoms in total. The molecule has 1 amide bonds. The van der Waals surface area contributed by atoms with E-state index in [-0.39, 0.29) is 30.4 Å². The minimum atomic E-state index is -0.611. The van der Waals surface area contributed by atoms with E-state index in [0.29, 0.717) is 29.1 Å². The lowest BCUT2D eigenvalue weighted by atomic mass is 9.90. The van der Waals surface area contributed by atoms with E-state index in [0.717, 1.165) is 11.1 Å². The van der Waals surface area contributed by atoms with Crippen LogP contribution in [0.4, 0.5) is 10.3 Å². The predicted molar refractivity (Wildman–Crippen MR) is 104 cm³/mol. The van der Waals surface area contributed by atoms with Gasteiger partial charge in [0.15, 0.2) is 0 Å². The fourth-order valence-electron chi connectivity index (χ4n) is 3.49. The van der Waals surface area contributed by atoms with Crippen LogP contribution in [0.25, 0.3) is 11.3 Å². The molecule has 3 aromatic rings. The maximum absolute atomic E-state index is 12.7. The van der Waals surface area contributed by atoms with Crippen LogP contribution in [0, 0.1) is 6.92 Å². The summed E-state index contributed by atoms with van der Waals surface area (Å²) < 4.78 is 17.6. The van der Waals surface area contributed by atoms with E-state index < -0.39 is 6.67 Å². The number of nitrogens with zero attached hydrogens (tertiary/aromatic N) is 4. The molecule has 1 atom stereocenters. The Labute approximate surface area is 166 Å². The zero-order valence-corrected chi connectivity index (χ0v) is 15.7. The van der Waals surface area contributed by atoms with Crippen molar-refractivity contribution in [2.24, 2.45) is 0 Å². The molecule has 3 N–H and O–H groups in total. The van der Waals surface area contributed by atoms with Gasteiger partial charge in [-0.25, -0.2) is 19.3 Å². The summed E-state index contributed by atoms with van der Waals surface area (Å²) in [6.45, 7) is 1.04. The Balaban J connectivity index is 1.72. The molecule has 148 valence electrons. The second-order valence-electron chi connectivity index (χ2n) is 6.59. The Morgan fingerprint density at radius 1 is 1.24 bits per heavy atom. The number of nitrogens with one attached hydrogen (secondary N) is 1. The summed E-state index contributed by atoms with van der Waals surface area (Å²) in [5, 5.41) is 3.02. The van der Waals surface area contributed by atoms with Crippen molar-refractivity contribution < 1.29 is 13.9 Å². The molecular weight excluding hydrogens is 374 g/mol. The Bertz CT molecular complexity index is 1070. The van der Waals surface area contributed by atoms with Crippen molar-refractivity contribution in [2.45, 2.75) is 19.4 Å². The Morgan fingerprint density at radius 2 is 2.07 bits per heavy atom. The van der Waals surface area contributed by atoms with Gasteiger partial charge in [0.25, 0.3) is 5.91 Å². The molecule has 0 fully saturated rings. The van der Waals surface area contributed by atoms with E-state index in [1.54, 1.807) is 13.1 Å². The number of anilines is 1. The molecule has 1 unspecified atom stereocenters. The molecule has 2 aromatic heterocycles. The first-order valence-electron chi connectivity index (χ1n) is 9.10. The van der Waals surface area contributed by atoms with Crippen molar-refractivity contribution in [3.8, 4) is 17.1 Å². The van der Waals surface area contributed by atoms with Gasteiger partial charge in [-0.15, -0.1) is 0 Å². The van der Waals surface area contributed by atoms with Gasteiger partial charge >= 0.3 is 0 Å². The zero-order valence-electron chi connectivity index (χ0n) is 15.7. The lowest BCUT2D eigenvalue weighted by Gasteiger charge is -2.27. The number of nitrogen functional groups attached to an aromatic ring is 1. The number of carbonyl (C=O) groups excluding carboxylic acids is 1. The number of aryl methyl sites for hydroxylation is 1. The molecule has 0 saturated carbocycles. The first kappa shape index (κ1) is 18.7. The Hall–Kier alpha value is -3.62. The molecular formula is C20H19FN6O2. The van der Waals surface area contributed by atoms with Gasteiger partial charge in [-0.2, -0.15) is 0 Å². The summed E-state index contributed by atoms with van der Waals surface area (Å²) >= 11 is 0. The standard InChI is InChI=1S/C20H19FN6O2/c1-11-18-15(27-20(22)24-11)8-14(26-19(18)28)12-4-2-3-5-13(12)16-9-23-10-17(25-16)29-7-6-21/h2-5,9-10,14H,6-8H2,1H3,(H,26,28)(H2,22,24,27)/i21-1. The number of nitrogens with two attached hydrogens (primary N) is 1. The predicted octanol–water partition coefficient (Wildman–Crippen LogP) is 2.20. The second-order valence-corrected chi connectivity index (χ2v) is 6.59. The van der Waals surface area contributed by atoms with Crippen molar-refractivity contribution in [3.63, 3.8) is 0 Å². The smallest absolute Gasteiger partial charge is 0.255 e. The van der Waals surface area contributed by atoms with E-state index in [2.05, 4.69) is 25.3 Å². The number of rotatable bonds is 5. The number of ether oxygens (including phenoxy) is 1. The number of fused-ring (bicyclic) bond motifs is 1. The summed E-state index contributed by atoms with van der Waals surface area (Å²) in [6, 6.07) is 7.24. The van der Waals surface area contributed by atoms with Crippen LogP contribution in [-0.4, -0.2) is 39.1 Å². The average Bonchev–Trinajstić information content (AvgIpc) is 2.71. The quantitative estimate of drug-likeness (QED) is 0.683. The number of carbonyl (C=O) groups is 1. The van der Waals surface area contributed by atoms with Gasteiger partial charge in [0.2, 0.25) is 11.8 Å². The average molecular weight is 393 g/mol. The summed E-state index contributed by atoms with van der Waals surface area (Å²) in [5.41, 5.74) is 9.63. The molecule has 3 heterocycles. The molecule has 0 spiro atoms. The minimum absolute atomic E-state index is 0.0876. The normalized spacial score (nSPS) is 15.5. The van der Waals surface area contributed by atoms with Crippen molar-refractivity contribution in [2.75, 3.05) is 19.0 Å². The zero-order chi connectivity index (χ0) is 20.4. The summed E-state index contributed by atoms with van der Waals surface area (Å²) in [6.07, 6.45) is 3.50. The van der Waals surface area contributed by atoms with Gasteiger partial charge in [-0.3, -0.25) is 9.78 Å². The molecule has 0 bridgehead atoms. The van der Waals surface area contributed by atoms with Crippen LogP contribution in [0.15, 0.2) is 36.7 Å². The van der Waals surface area contributed by atoms with Gasteiger partial charge < -0.3 is 15.8 Å². The van der Waals surface area contributed by atoms with Gasteiger partial charge in [-0.05, 0) is 12.5 Å². The number of hydrogen-bond donors (Lipinski definition) is 2. The van der Waals surface area contributed by atoms with Gasteiger partial charge in [-0.1, -0.05) is 24.3 Å². The Morgan fingerprint density at radius 3 is 2.90 bits per heavy atom. The third-order valence-electron chi connectivity index (χ3n) is 4.66. The number of aromatic nitrogens is 4. The van der Waals surface area contributed by atoms with Crippen LogP contribution in [-0.2, 0) is 6.42 Å². The lowest BCUT2D eigenvalue weighted by molar-refractivity contribution is 0.0922. The van der Waals surface area contributed by atoms with Crippen molar-refractivity contribution >= 4 is 11.9 Å². The van der Waals surface area contributed by atoms with Gasteiger partial charge in [0, 0.05) is 12.0 Å².